The fourth-order valence-electron chi connectivity index (χ4n) is 7.36. The number of carbonyl (C=O) groups excluding carboxylic acids is 3. The minimum atomic E-state index is -1.17. The Morgan fingerprint density at radius 3 is 1.41 bits per heavy atom. The summed E-state index contributed by atoms with van der Waals surface area (Å²) in [5.41, 5.74) is 4.05. The largest absolute Gasteiger partial charge is 0.507 e. The SMILES string of the molecule is C.C.O=C(O)CNC(=O)COc1ccc([C@@H]2[C@@H](SC[C@H](O)c3ccsc3)C(=O)N2c2ccccc2)c(O)c1.O=C(O)COc1ccc([C@@H]2[C@@H](SC[C@H](O)c3ccsc3)C(=O)N2c2ccccc2)c(O)c1. The van der Waals surface area contributed by atoms with E-state index in [1.54, 1.807) is 34.1 Å². The van der Waals surface area contributed by atoms with Crippen LogP contribution >= 0.6 is 46.2 Å². The van der Waals surface area contributed by atoms with Crippen molar-refractivity contribution in [3.05, 3.63) is 153 Å². The molecule has 2 aliphatic rings. The number of hydrogen-bond acceptors (Lipinski definition) is 15. The molecule has 0 aliphatic carbocycles. The molecule has 3 amide bonds. The first kappa shape index (κ1) is 54.4. The van der Waals surface area contributed by atoms with Crippen molar-refractivity contribution < 1.29 is 64.1 Å². The Kier molecular flexibility index (Phi) is 19.7. The lowest BCUT2D eigenvalue weighted by molar-refractivity contribution is -0.139. The molecule has 8 rings (SSSR count). The number of amides is 3. The number of nitrogens with zero attached hydrogens (tertiary/aromatic N) is 2. The first-order valence-electron chi connectivity index (χ1n) is 20.8. The van der Waals surface area contributed by atoms with E-state index in [0.717, 1.165) is 11.1 Å². The fraction of sp³-hybridized carbons (Fsp3) is 0.260. The molecule has 2 aromatic heterocycles. The third-order valence-corrected chi connectivity index (χ3v) is 14.8. The van der Waals surface area contributed by atoms with Crippen molar-refractivity contribution in [2.45, 2.75) is 49.6 Å². The average molecular weight is 1030 g/mol. The van der Waals surface area contributed by atoms with Gasteiger partial charge in [0.25, 0.3) is 5.91 Å². The van der Waals surface area contributed by atoms with Crippen LogP contribution in [0.25, 0.3) is 0 Å². The summed E-state index contributed by atoms with van der Waals surface area (Å²) in [6.45, 7) is -1.45. The molecule has 0 saturated carbocycles. The van der Waals surface area contributed by atoms with E-state index < -0.39 is 72.4 Å². The first-order valence-corrected chi connectivity index (χ1v) is 24.8. The molecular weight excluding hydrogens is 979 g/mol. The number of thioether (sulfide) groups is 2. The minimum absolute atomic E-state index is 0. The van der Waals surface area contributed by atoms with Gasteiger partial charge in [-0.25, -0.2) is 4.79 Å². The summed E-state index contributed by atoms with van der Waals surface area (Å²) in [4.78, 5) is 62.4. The van der Waals surface area contributed by atoms with Gasteiger partial charge < -0.3 is 55.2 Å². The molecule has 0 spiro atoms. The first-order chi connectivity index (χ1) is 32.8. The molecule has 6 atom stereocenters. The van der Waals surface area contributed by atoms with Gasteiger partial charge in [0.1, 0.15) is 40.0 Å². The van der Waals surface area contributed by atoms with E-state index in [0.29, 0.717) is 34.0 Å². The van der Waals surface area contributed by atoms with Crippen molar-refractivity contribution in [3.63, 3.8) is 0 Å². The minimum Gasteiger partial charge on any atom is -0.507 e. The smallest absolute Gasteiger partial charge is 0.341 e. The van der Waals surface area contributed by atoms with Crippen LogP contribution in [0.3, 0.4) is 0 Å². The number of aromatic hydroxyl groups is 2. The van der Waals surface area contributed by atoms with Crippen LogP contribution in [0.15, 0.2) is 131 Å². The average Bonchev–Trinajstić information content (AvgIpc) is 4.09. The number of ether oxygens (including phenoxy) is 2. The Morgan fingerprint density at radius 1 is 0.614 bits per heavy atom. The molecule has 4 heterocycles. The molecule has 2 saturated heterocycles. The number of nitrogens with one attached hydrogen (secondary N) is 1. The van der Waals surface area contributed by atoms with Gasteiger partial charge >= 0.3 is 11.9 Å². The molecule has 6 aromatic rings. The van der Waals surface area contributed by atoms with E-state index in [1.807, 2.05) is 94.3 Å². The molecule has 70 heavy (non-hydrogen) atoms. The van der Waals surface area contributed by atoms with Gasteiger partial charge in [0.05, 0.1) is 24.3 Å². The maximum atomic E-state index is 13.1. The zero-order chi connectivity index (χ0) is 48.3. The Bertz CT molecular complexity index is 2680. The topological polar surface area (TPSA) is 244 Å². The Balaban J connectivity index is 0.000000255. The number of phenolic OH excluding ortho intramolecular Hbond substituents is 2. The highest BCUT2D eigenvalue weighted by Gasteiger charge is 2.51. The zero-order valence-electron chi connectivity index (χ0n) is 35.8. The third-order valence-electron chi connectivity index (χ3n) is 10.7. The van der Waals surface area contributed by atoms with Crippen molar-refractivity contribution in [2.24, 2.45) is 0 Å². The number of rotatable bonds is 20. The third kappa shape index (κ3) is 13.2. The Hall–Kier alpha value is -6.55. The van der Waals surface area contributed by atoms with Crippen LogP contribution in [-0.4, -0.2) is 102 Å². The number of hydrogen-bond donors (Lipinski definition) is 7. The molecular formula is C50H53N3O13S4. The number of carboxylic acids is 2. The van der Waals surface area contributed by atoms with E-state index in [4.69, 9.17) is 19.7 Å². The lowest BCUT2D eigenvalue weighted by Gasteiger charge is -2.47. The standard InChI is InChI=1S/C25H24N2O7S2.C23H21NO6S2.2CH4/c28-19-10-17(34-12-21(30)26-11-22(31)32)6-7-18(19)23-24(36-14-20(29)15-8-9-35-13-15)25(33)27(23)16-4-2-1-3-5-16;25-18-10-16(30-11-20(27)28)6-7-17(18)21-22(32-13-19(26)14-8-9-31-12-14)23(29)24(21)15-4-2-1-3-5-15;;/h1-10,13,20,23-24,28-29H,11-12,14H2,(H,26,30)(H,31,32);1-10,12,19,21-22,25-26H,11,13H2,(H,27,28);2*1H4/t20-,23+,24+;19-,21+,22+;;/m00../s1. The number of aliphatic hydroxyl groups is 2. The van der Waals surface area contributed by atoms with Crippen molar-refractivity contribution in [3.8, 4) is 23.0 Å². The monoisotopic (exact) mass is 1030 g/mol. The van der Waals surface area contributed by atoms with Crippen molar-refractivity contribution in [1.29, 1.82) is 0 Å². The number of para-hydroxylation sites is 2. The molecule has 2 aliphatic heterocycles. The van der Waals surface area contributed by atoms with Crippen LogP contribution < -0.4 is 24.6 Å². The lowest BCUT2D eigenvalue weighted by atomic mass is 9.91. The molecule has 370 valence electrons. The van der Waals surface area contributed by atoms with Gasteiger partial charge in [0.15, 0.2) is 13.2 Å². The van der Waals surface area contributed by atoms with Gasteiger partial charge in [0.2, 0.25) is 11.8 Å². The quantitative estimate of drug-likeness (QED) is 0.0358. The summed E-state index contributed by atoms with van der Waals surface area (Å²) < 4.78 is 10.5. The van der Waals surface area contributed by atoms with E-state index in [-0.39, 0.29) is 49.7 Å². The number of aliphatic hydroxyl groups excluding tert-OH is 2. The predicted molar refractivity (Wildman–Crippen MR) is 273 cm³/mol. The summed E-state index contributed by atoms with van der Waals surface area (Å²) in [6, 6.07) is 30.2. The number of benzene rings is 4. The maximum Gasteiger partial charge on any atom is 0.341 e. The molecule has 2 fully saturated rings. The number of aliphatic carboxylic acids is 2. The number of phenols is 2. The highest BCUT2D eigenvalue weighted by molar-refractivity contribution is 8.01. The number of anilines is 2. The van der Waals surface area contributed by atoms with Gasteiger partial charge in [-0.1, -0.05) is 51.3 Å². The summed E-state index contributed by atoms with van der Waals surface area (Å²) in [6.07, 6.45) is -1.40. The van der Waals surface area contributed by atoms with Crippen LogP contribution in [0.1, 0.15) is 61.4 Å². The summed E-state index contributed by atoms with van der Waals surface area (Å²) >= 11 is 5.67. The van der Waals surface area contributed by atoms with E-state index in [1.165, 1.54) is 58.3 Å². The second kappa shape index (κ2) is 25.3. The highest BCUT2D eigenvalue weighted by atomic mass is 32.2. The summed E-state index contributed by atoms with van der Waals surface area (Å²) in [5, 5.41) is 68.5. The van der Waals surface area contributed by atoms with Crippen molar-refractivity contribution >= 4 is 87.2 Å². The Labute approximate surface area is 421 Å². The predicted octanol–water partition coefficient (Wildman–Crippen LogP) is 8.07. The van der Waals surface area contributed by atoms with Crippen molar-refractivity contribution in [1.82, 2.24) is 5.32 Å². The van der Waals surface area contributed by atoms with Gasteiger partial charge in [0, 0.05) is 46.1 Å². The second-order valence-corrected chi connectivity index (χ2v) is 19.1. The van der Waals surface area contributed by atoms with E-state index in [2.05, 4.69) is 5.32 Å². The van der Waals surface area contributed by atoms with Crippen LogP contribution in [-0.2, 0) is 24.0 Å². The Morgan fingerprint density at radius 2 is 1.04 bits per heavy atom. The van der Waals surface area contributed by atoms with Gasteiger partial charge in [-0.2, -0.15) is 22.7 Å². The van der Waals surface area contributed by atoms with E-state index >= 15 is 0 Å². The molecule has 20 heteroatoms. The second-order valence-electron chi connectivity index (χ2n) is 15.2. The molecule has 16 nitrogen and oxygen atoms in total. The number of thiophene rings is 2. The van der Waals surface area contributed by atoms with Crippen LogP contribution in [0.2, 0.25) is 0 Å². The molecule has 0 radical (unpaired) electrons. The van der Waals surface area contributed by atoms with Gasteiger partial charge in [-0.3, -0.25) is 19.2 Å². The zero-order valence-corrected chi connectivity index (χ0v) is 39.0. The van der Waals surface area contributed by atoms with Crippen LogP contribution in [0.4, 0.5) is 11.4 Å². The number of β-lactam (4-membered cyclic amide) rings is 2. The normalized spacial score (nSPS) is 17.7. The number of carbonyl (C=O) groups is 5. The highest BCUT2D eigenvalue weighted by Crippen LogP contribution is 2.50. The number of carboxylic acid groups (broad SMARTS) is 2. The molecule has 0 unspecified atom stereocenters. The summed E-state index contributed by atoms with van der Waals surface area (Å²) in [5.74, 6) is -2.21. The van der Waals surface area contributed by atoms with Crippen molar-refractivity contribution in [2.75, 3.05) is 41.1 Å². The molecule has 0 bridgehead atoms. The van der Waals surface area contributed by atoms with E-state index in [9.17, 15) is 44.4 Å². The molecule has 4 aromatic carbocycles. The molecule has 7 N–H and O–H groups in total. The van der Waals surface area contributed by atoms with Gasteiger partial charge in [-0.15, -0.1) is 23.5 Å². The van der Waals surface area contributed by atoms with Gasteiger partial charge in [-0.05, 0) is 93.3 Å². The maximum absolute atomic E-state index is 13.1. The van der Waals surface area contributed by atoms with Crippen LogP contribution in [0.5, 0.6) is 23.0 Å². The summed E-state index contributed by atoms with van der Waals surface area (Å²) in [7, 11) is 0. The lowest BCUT2D eigenvalue weighted by Crippen LogP contribution is -2.57. The van der Waals surface area contributed by atoms with Crippen LogP contribution in [0, 0.1) is 0 Å². The fourth-order valence-corrected chi connectivity index (χ4v) is 11.4.